The molecule has 2 aromatic rings. The van der Waals surface area contributed by atoms with Crippen molar-refractivity contribution in [2.24, 2.45) is 5.92 Å². The number of fused-ring (bicyclic) bond motifs is 3. The van der Waals surface area contributed by atoms with Gasteiger partial charge in [0.15, 0.2) is 0 Å². The Morgan fingerprint density at radius 1 is 1.38 bits per heavy atom. The van der Waals surface area contributed by atoms with Gasteiger partial charge in [0.25, 0.3) is 0 Å². The number of H-pyrrole nitrogens is 1. The van der Waals surface area contributed by atoms with Crippen LogP contribution < -0.4 is 5.32 Å². The van der Waals surface area contributed by atoms with Crippen LogP contribution in [0, 0.1) is 5.92 Å². The molecule has 2 aliphatic rings. The second kappa shape index (κ2) is 6.25. The average molecular weight is 385 g/mol. The summed E-state index contributed by atoms with van der Waals surface area (Å²) in [5, 5.41) is 4.54. The lowest BCUT2D eigenvalue weighted by molar-refractivity contribution is -0.123. The number of aryl methyl sites for hydroxylation is 1. The Bertz CT molecular complexity index is 862. The number of rotatable bonds is 2. The highest BCUT2D eigenvalue weighted by atomic mass is 79.9. The number of amides is 1. The first-order chi connectivity index (χ1) is 11.6. The van der Waals surface area contributed by atoms with E-state index in [1.165, 1.54) is 22.2 Å². The maximum absolute atomic E-state index is 12.6. The predicted molar refractivity (Wildman–Crippen MR) is 101 cm³/mol. The first-order valence-electron chi connectivity index (χ1n) is 8.54. The molecule has 1 aromatic carbocycles. The van der Waals surface area contributed by atoms with Crippen molar-refractivity contribution >= 4 is 32.7 Å². The highest BCUT2D eigenvalue weighted by Gasteiger charge is 2.26. The van der Waals surface area contributed by atoms with Gasteiger partial charge in [0.2, 0.25) is 5.91 Å². The fourth-order valence-electron chi connectivity index (χ4n) is 3.84. The van der Waals surface area contributed by atoms with E-state index in [1.807, 2.05) is 13.0 Å². The van der Waals surface area contributed by atoms with E-state index in [0.717, 1.165) is 35.7 Å². The number of halogens is 1. The van der Waals surface area contributed by atoms with Crippen molar-refractivity contribution in [1.29, 1.82) is 0 Å². The minimum absolute atomic E-state index is 0.0998. The molecule has 3 nitrogen and oxygen atoms in total. The molecule has 0 aliphatic heterocycles. The van der Waals surface area contributed by atoms with Gasteiger partial charge >= 0.3 is 0 Å². The Balaban J connectivity index is 1.54. The largest absolute Gasteiger partial charge is 0.358 e. The van der Waals surface area contributed by atoms with Crippen molar-refractivity contribution in [3.05, 3.63) is 57.7 Å². The molecule has 2 aliphatic carbocycles. The van der Waals surface area contributed by atoms with Gasteiger partial charge in [-0.1, -0.05) is 39.7 Å². The number of benzene rings is 1. The van der Waals surface area contributed by atoms with E-state index in [-0.39, 0.29) is 17.9 Å². The second-order valence-electron chi connectivity index (χ2n) is 6.81. The molecule has 24 heavy (non-hydrogen) atoms. The number of hydrogen-bond acceptors (Lipinski definition) is 1. The third-order valence-electron chi connectivity index (χ3n) is 5.17. The van der Waals surface area contributed by atoms with Gasteiger partial charge in [-0.15, -0.1) is 0 Å². The van der Waals surface area contributed by atoms with Gasteiger partial charge < -0.3 is 10.3 Å². The van der Waals surface area contributed by atoms with Crippen LogP contribution in [-0.2, 0) is 17.6 Å². The van der Waals surface area contributed by atoms with Crippen LogP contribution in [0.1, 0.15) is 31.0 Å². The summed E-state index contributed by atoms with van der Waals surface area (Å²) in [4.78, 5) is 16.2. The maximum atomic E-state index is 12.6. The van der Waals surface area contributed by atoms with Gasteiger partial charge in [-0.3, -0.25) is 4.79 Å². The number of aromatic amines is 1. The summed E-state index contributed by atoms with van der Waals surface area (Å²) < 4.78 is 1.09. The summed E-state index contributed by atoms with van der Waals surface area (Å²) in [6, 6.07) is 6.57. The van der Waals surface area contributed by atoms with Gasteiger partial charge in [0, 0.05) is 27.1 Å². The Hall–Kier alpha value is -1.81. The third kappa shape index (κ3) is 2.84. The summed E-state index contributed by atoms with van der Waals surface area (Å²) in [7, 11) is 0. The number of carbonyl (C=O) groups excluding carboxylic acids is 1. The topological polar surface area (TPSA) is 44.9 Å². The molecule has 1 amide bonds. The van der Waals surface area contributed by atoms with E-state index in [9.17, 15) is 4.79 Å². The SMILES string of the molecule is CC1=CCC=C[C@@H]1C(=O)N[C@H]1CCc2[nH]c3ccc(Br)cc3c2C1. The molecule has 1 heterocycles. The molecule has 0 saturated carbocycles. The molecule has 1 aromatic heterocycles. The highest BCUT2D eigenvalue weighted by Crippen LogP contribution is 2.31. The minimum atomic E-state index is -0.0998. The van der Waals surface area contributed by atoms with Gasteiger partial charge in [-0.25, -0.2) is 0 Å². The zero-order valence-electron chi connectivity index (χ0n) is 13.7. The van der Waals surface area contributed by atoms with Crippen LogP contribution in [0.2, 0.25) is 0 Å². The van der Waals surface area contributed by atoms with E-state index in [2.05, 4.69) is 56.6 Å². The predicted octanol–water partition coefficient (Wildman–Crippen LogP) is 4.43. The zero-order valence-corrected chi connectivity index (χ0v) is 15.3. The summed E-state index contributed by atoms with van der Waals surface area (Å²) in [5.74, 6) is 0.0337. The van der Waals surface area contributed by atoms with Crippen LogP contribution in [-0.4, -0.2) is 16.9 Å². The average Bonchev–Trinajstić information content (AvgIpc) is 2.92. The van der Waals surface area contributed by atoms with Crippen LogP contribution >= 0.6 is 15.9 Å². The Morgan fingerprint density at radius 3 is 3.08 bits per heavy atom. The Morgan fingerprint density at radius 2 is 2.25 bits per heavy atom. The summed E-state index contributed by atoms with van der Waals surface area (Å²) in [6.07, 6.45) is 10.1. The number of aromatic nitrogens is 1. The maximum Gasteiger partial charge on any atom is 0.231 e. The van der Waals surface area contributed by atoms with Crippen LogP contribution in [0.4, 0.5) is 0 Å². The van der Waals surface area contributed by atoms with Crippen molar-refractivity contribution in [3.8, 4) is 0 Å². The second-order valence-corrected chi connectivity index (χ2v) is 7.73. The first-order valence-corrected chi connectivity index (χ1v) is 9.34. The standard InChI is InChI=1S/C20H21BrN2O/c1-12-4-2-3-5-15(12)20(24)22-14-7-9-19-17(11-14)16-10-13(21)6-8-18(16)23-19/h3-6,8,10,14-15,23H,2,7,9,11H2,1H3,(H,22,24)/t14-,15-/m0/s1. The molecule has 0 unspecified atom stereocenters. The van der Waals surface area contributed by atoms with Crippen LogP contribution in [0.5, 0.6) is 0 Å². The van der Waals surface area contributed by atoms with Crippen molar-refractivity contribution in [2.45, 2.75) is 38.6 Å². The van der Waals surface area contributed by atoms with Crippen LogP contribution in [0.25, 0.3) is 10.9 Å². The Labute approximate surface area is 150 Å². The highest BCUT2D eigenvalue weighted by molar-refractivity contribution is 9.10. The van der Waals surface area contributed by atoms with Crippen molar-refractivity contribution in [1.82, 2.24) is 10.3 Å². The van der Waals surface area contributed by atoms with E-state index in [4.69, 9.17) is 0 Å². The number of hydrogen-bond donors (Lipinski definition) is 2. The van der Waals surface area contributed by atoms with Gasteiger partial charge in [0.05, 0.1) is 5.92 Å². The van der Waals surface area contributed by atoms with Gasteiger partial charge in [0.1, 0.15) is 0 Å². The van der Waals surface area contributed by atoms with E-state index in [1.54, 1.807) is 0 Å². The monoisotopic (exact) mass is 384 g/mol. The molecular formula is C20H21BrN2O. The molecule has 0 spiro atoms. The number of carbonyl (C=O) groups is 1. The molecule has 0 bridgehead atoms. The summed E-state index contributed by atoms with van der Waals surface area (Å²) in [6.45, 7) is 2.05. The van der Waals surface area contributed by atoms with Crippen LogP contribution in [0.15, 0.2) is 46.5 Å². The lowest BCUT2D eigenvalue weighted by atomic mass is 9.89. The molecule has 0 fully saturated rings. The molecule has 2 N–H and O–H groups in total. The lowest BCUT2D eigenvalue weighted by Crippen LogP contribution is -2.42. The summed E-state index contributed by atoms with van der Waals surface area (Å²) >= 11 is 3.56. The fourth-order valence-corrected chi connectivity index (χ4v) is 4.21. The molecule has 124 valence electrons. The first kappa shape index (κ1) is 15.7. The fraction of sp³-hybridized carbons (Fsp3) is 0.350. The van der Waals surface area contributed by atoms with Crippen molar-refractivity contribution in [3.63, 3.8) is 0 Å². The lowest BCUT2D eigenvalue weighted by Gasteiger charge is -2.26. The third-order valence-corrected chi connectivity index (χ3v) is 5.67. The number of nitrogens with one attached hydrogen (secondary N) is 2. The molecular weight excluding hydrogens is 364 g/mol. The molecule has 0 radical (unpaired) electrons. The van der Waals surface area contributed by atoms with Gasteiger partial charge in [-0.2, -0.15) is 0 Å². The molecule has 2 atom stereocenters. The number of allylic oxidation sites excluding steroid dienone is 2. The van der Waals surface area contributed by atoms with Crippen molar-refractivity contribution in [2.75, 3.05) is 0 Å². The molecule has 4 rings (SSSR count). The molecule has 0 saturated heterocycles. The normalized spacial score (nSPS) is 23.0. The smallest absolute Gasteiger partial charge is 0.231 e. The van der Waals surface area contributed by atoms with Gasteiger partial charge in [-0.05, 0) is 56.4 Å². The minimum Gasteiger partial charge on any atom is -0.358 e. The van der Waals surface area contributed by atoms with Crippen LogP contribution in [0.3, 0.4) is 0 Å². The zero-order chi connectivity index (χ0) is 16.7. The van der Waals surface area contributed by atoms with E-state index in [0.29, 0.717) is 0 Å². The Kier molecular flexibility index (Phi) is 4.09. The molecule has 4 heteroatoms. The van der Waals surface area contributed by atoms with Crippen molar-refractivity contribution < 1.29 is 4.79 Å². The van der Waals surface area contributed by atoms with E-state index >= 15 is 0 Å². The summed E-state index contributed by atoms with van der Waals surface area (Å²) in [5.41, 5.74) is 5.02. The van der Waals surface area contributed by atoms with E-state index < -0.39 is 0 Å². The quantitative estimate of drug-likeness (QED) is 0.739.